The summed E-state index contributed by atoms with van der Waals surface area (Å²) >= 11 is 0. The molecule has 0 aliphatic rings. The molecule has 18 heavy (non-hydrogen) atoms. The maximum Gasteiger partial charge on any atom is 0.219 e. The maximum absolute atomic E-state index is 9.46. The fourth-order valence-corrected chi connectivity index (χ4v) is 1.46. The maximum atomic E-state index is 9.46. The molecular formula is C14H12N2O2. The Labute approximate surface area is 105 Å². The Morgan fingerprint density at radius 3 is 2.61 bits per heavy atom. The van der Waals surface area contributed by atoms with Gasteiger partial charge in [0.2, 0.25) is 5.88 Å². The molecule has 0 bridgehead atoms. The molecule has 1 aromatic carbocycles. The average Bonchev–Trinajstić information content (AvgIpc) is 2.40. The molecule has 0 radical (unpaired) electrons. The number of pyridine rings is 1. The van der Waals surface area contributed by atoms with Gasteiger partial charge in [-0.15, -0.1) is 0 Å². The van der Waals surface area contributed by atoms with E-state index in [4.69, 9.17) is 10.00 Å². The molecule has 4 nitrogen and oxygen atoms in total. The Kier molecular flexibility index (Phi) is 3.56. The Morgan fingerprint density at radius 1 is 1.28 bits per heavy atom. The summed E-state index contributed by atoms with van der Waals surface area (Å²) < 4.78 is 5.54. The van der Waals surface area contributed by atoms with E-state index in [-0.39, 0.29) is 0 Å². The number of benzene rings is 1. The van der Waals surface area contributed by atoms with Crippen LogP contribution in [0.25, 0.3) is 0 Å². The quantitative estimate of drug-likeness (QED) is 0.895. The van der Waals surface area contributed by atoms with E-state index in [1.165, 1.54) is 0 Å². The van der Waals surface area contributed by atoms with E-state index in [1.807, 2.05) is 6.07 Å². The monoisotopic (exact) mass is 240 g/mol. The zero-order valence-corrected chi connectivity index (χ0v) is 9.87. The van der Waals surface area contributed by atoms with Crippen molar-refractivity contribution in [3.05, 3.63) is 53.7 Å². The zero-order chi connectivity index (χ0) is 13.0. The molecule has 0 aliphatic carbocycles. The van der Waals surface area contributed by atoms with Crippen molar-refractivity contribution in [2.75, 3.05) is 0 Å². The van der Waals surface area contributed by atoms with Crippen LogP contribution in [0.2, 0.25) is 0 Å². The average molecular weight is 240 g/mol. The van der Waals surface area contributed by atoms with Gasteiger partial charge in [0.05, 0.1) is 17.7 Å². The van der Waals surface area contributed by atoms with Gasteiger partial charge in [-0.3, -0.25) is 0 Å². The lowest BCUT2D eigenvalue weighted by atomic mass is 10.2. The number of ether oxygens (including phenoxy) is 1. The highest BCUT2D eigenvalue weighted by Gasteiger charge is 2.04. The van der Waals surface area contributed by atoms with E-state index < -0.39 is 6.10 Å². The number of rotatable bonds is 3. The lowest BCUT2D eigenvalue weighted by Gasteiger charge is -2.08. The van der Waals surface area contributed by atoms with Crippen molar-refractivity contribution in [1.29, 1.82) is 5.26 Å². The van der Waals surface area contributed by atoms with E-state index in [2.05, 4.69) is 4.98 Å². The van der Waals surface area contributed by atoms with Gasteiger partial charge < -0.3 is 9.84 Å². The van der Waals surface area contributed by atoms with Crippen LogP contribution in [-0.4, -0.2) is 10.1 Å². The summed E-state index contributed by atoms with van der Waals surface area (Å²) in [5.74, 6) is 1.02. The third kappa shape index (κ3) is 2.84. The second-order valence-corrected chi connectivity index (χ2v) is 3.84. The number of hydrogen-bond acceptors (Lipinski definition) is 4. The minimum atomic E-state index is -0.559. The fraction of sp³-hybridized carbons (Fsp3) is 0.143. The van der Waals surface area contributed by atoms with Gasteiger partial charge in [-0.1, -0.05) is 0 Å². The molecule has 0 fully saturated rings. The van der Waals surface area contributed by atoms with Crippen LogP contribution in [-0.2, 0) is 0 Å². The van der Waals surface area contributed by atoms with Crippen LogP contribution in [0.5, 0.6) is 11.6 Å². The molecule has 90 valence electrons. The van der Waals surface area contributed by atoms with Crippen LogP contribution in [0, 0.1) is 11.3 Å². The first-order valence-electron chi connectivity index (χ1n) is 5.51. The second-order valence-electron chi connectivity index (χ2n) is 3.84. The first kappa shape index (κ1) is 12.1. The van der Waals surface area contributed by atoms with Crippen molar-refractivity contribution in [3.8, 4) is 17.7 Å². The van der Waals surface area contributed by atoms with Crippen molar-refractivity contribution in [3.63, 3.8) is 0 Å². The smallest absolute Gasteiger partial charge is 0.219 e. The van der Waals surface area contributed by atoms with Crippen molar-refractivity contribution < 1.29 is 9.84 Å². The molecule has 0 aliphatic heterocycles. The second kappa shape index (κ2) is 5.30. The van der Waals surface area contributed by atoms with E-state index in [0.717, 1.165) is 5.56 Å². The number of hydrogen-bond donors (Lipinski definition) is 1. The van der Waals surface area contributed by atoms with Gasteiger partial charge in [-0.25, -0.2) is 4.98 Å². The summed E-state index contributed by atoms with van der Waals surface area (Å²) in [6, 6.07) is 12.2. The van der Waals surface area contributed by atoms with Gasteiger partial charge in [-0.05, 0) is 42.8 Å². The predicted octanol–water partition coefficient (Wildman–Crippen LogP) is 2.80. The van der Waals surface area contributed by atoms with E-state index in [9.17, 15) is 5.11 Å². The van der Waals surface area contributed by atoms with E-state index in [0.29, 0.717) is 17.2 Å². The molecule has 1 aromatic heterocycles. The van der Waals surface area contributed by atoms with Crippen LogP contribution >= 0.6 is 0 Å². The molecule has 0 saturated carbocycles. The highest BCUT2D eigenvalue weighted by Crippen LogP contribution is 2.22. The van der Waals surface area contributed by atoms with Crippen LogP contribution in [0.15, 0.2) is 42.6 Å². The number of aliphatic hydroxyl groups is 1. The topological polar surface area (TPSA) is 66.1 Å². The summed E-state index contributed by atoms with van der Waals surface area (Å²) in [6.07, 6.45) is 1.03. The van der Waals surface area contributed by atoms with Crippen molar-refractivity contribution in [2.45, 2.75) is 13.0 Å². The molecule has 4 heteroatoms. The lowest BCUT2D eigenvalue weighted by Crippen LogP contribution is -1.94. The zero-order valence-electron chi connectivity index (χ0n) is 9.87. The van der Waals surface area contributed by atoms with Gasteiger partial charge >= 0.3 is 0 Å². The Hall–Kier alpha value is -2.38. The summed E-state index contributed by atoms with van der Waals surface area (Å²) in [5, 5.41) is 18.1. The van der Waals surface area contributed by atoms with Gasteiger partial charge in [0.15, 0.2) is 0 Å². The van der Waals surface area contributed by atoms with Gasteiger partial charge in [-0.2, -0.15) is 5.26 Å². The third-order valence-corrected chi connectivity index (χ3v) is 2.45. The molecule has 0 amide bonds. The number of aliphatic hydroxyl groups excluding tert-OH is 1. The molecule has 0 spiro atoms. The standard InChI is InChI=1S/C14H12N2O2/c1-10(17)12-6-7-16-14(8-12)18-13-4-2-11(9-15)3-5-13/h2-8,10,17H,1H3/t10-/m0/s1. The third-order valence-electron chi connectivity index (χ3n) is 2.45. The summed E-state index contributed by atoms with van der Waals surface area (Å²) in [5.41, 5.74) is 1.32. The van der Waals surface area contributed by atoms with E-state index in [1.54, 1.807) is 49.5 Å². The van der Waals surface area contributed by atoms with Crippen LogP contribution < -0.4 is 4.74 Å². The highest BCUT2D eigenvalue weighted by molar-refractivity contribution is 5.36. The highest BCUT2D eigenvalue weighted by atomic mass is 16.5. The van der Waals surface area contributed by atoms with Crippen molar-refractivity contribution in [1.82, 2.24) is 4.98 Å². The predicted molar refractivity (Wildman–Crippen MR) is 66.1 cm³/mol. The minimum Gasteiger partial charge on any atom is -0.439 e. The van der Waals surface area contributed by atoms with Crippen molar-refractivity contribution >= 4 is 0 Å². The summed E-state index contributed by atoms with van der Waals surface area (Å²) in [7, 11) is 0. The minimum absolute atomic E-state index is 0.415. The Morgan fingerprint density at radius 2 is 2.00 bits per heavy atom. The molecule has 2 rings (SSSR count). The molecule has 2 aromatic rings. The number of nitrogens with zero attached hydrogens (tertiary/aromatic N) is 2. The normalized spacial score (nSPS) is 11.6. The molecule has 0 saturated heterocycles. The summed E-state index contributed by atoms with van der Waals surface area (Å²) in [6.45, 7) is 1.68. The molecule has 1 atom stereocenters. The SMILES string of the molecule is C[C@H](O)c1ccnc(Oc2ccc(C#N)cc2)c1. The molecule has 1 N–H and O–H groups in total. The molecule has 1 heterocycles. The lowest BCUT2D eigenvalue weighted by molar-refractivity contribution is 0.198. The van der Waals surface area contributed by atoms with Gasteiger partial charge in [0.1, 0.15) is 5.75 Å². The molecule has 0 unspecified atom stereocenters. The summed E-state index contributed by atoms with van der Waals surface area (Å²) in [4.78, 5) is 4.06. The fourth-order valence-electron chi connectivity index (χ4n) is 1.46. The Bertz CT molecular complexity index is 571. The Balaban J connectivity index is 2.18. The van der Waals surface area contributed by atoms with E-state index >= 15 is 0 Å². The first-order chi connectivity index (χ1) is 8.69. The van der Waals surface area contributed by atoms with Crippen LogP contribution in [0.3, 0.4) is 0 Å². The number of aromatic nitrogens is 1. The van der Waals surface area contributed by atoms with Gasteiger partial charge in [0, 0.05) is 12.3 Å². The van der Waals surface area contributed by atoms with Crippen LogP contribution in [0.1, 0.15) is 24.2 Å². The number of nitriles is 1. The largest absolute Gasteiger partial charge is 0.439 e. The first-order valence-corrected chi connectivity index (χ1v) is 5.51. The van der Waals surface area contributed by atoms with Crippen molar-refractivity contribution in [2.24, 2.45) is 0 Å². The molecular weight excluding hydrogens is 228 g/mol. The van der Waals surface area contributed by atoms with Gasteiger partial charge in [0.25, 0.3) is 0 Å². The van der Waals surface area contributed by atoms with Crippen LogP contribution in [0.4, 0.5) is 0 Å².